The number of nitrogens with one attached hydrogen (secondary N) is 2. The standard InChI is InChI=1S/C34H32Br2N4O4/c35-29-15-17-31(43-23-25-9-3-1-4-10-25)27(19-29)21-37-39-33(41)13-7-8-14-34(42)40-38-22-28-20-30(36)16-18-32(28)44-24-26-11-5-2-6-12-26/h1-6,9-12,15-22H,7-8,13-14,23-24H2,(H,39,41)(H,40,42)/b37-21+,38-22+. The summed E-state index contributed by atoms with van der Waals surface area (Å²) in [6.07, 6.45) is 4.65. The van der Waals surface area contributed by atoms with E-state index < -0.39 is 0 Å². The van der Waals surface area contributed by atoms with Crippen molar-refractivity contribution in [2.45, 2.75) is 38.9 Å². The zero-order valence-corrected chi connectivity index (χ0v) is 27.1. The van der Waals surface area contributed by atoms with Gasteiger partial charge in [0.2, 0.25) is 11.8 Å². The molecule has 0 aliphatic rings. The maximum Gasteiger partial charge on any atom is 0.240 e. The Balaban J connectivity index is 1.16. The van der Waals surface area contributed by atoms with Crippen molar-refractivity contribution in [1.82, 2.24) is 10.9 Å². The quantitative estimate of drug-likeness (QED) is 0.0754. The first-order chi connectivity index (χ1) is 21.5. The van der Waals surface area contributed by atoms with Gasteiger partial charge in [-0.3, -0.25) is 9.59 Å². The number of halogens is 2. The summed E-state index contributed by atoms with van der Waals surface area (Å²) in [6.45, 7) is 0.839. The number of carbonyl (C=O) groups excluding carboxylic acids is 2. The van der Waals surface area contributed by atoms with Gasteiger partial charge in [-0.1, -0.05) is 92.5 Å². The molecule has 4 aromatic rings. The van der Waals surface area contributed by atoms with Crippen molar-refractivity contribution in [1.29, 1.82) is 0 Å². The van der Waals surface area contributed by atoms with Crippen molar-refractivity contribution in [3.63, 3.8) is 0 Å². The van der Waals surface area contributed by atoms with Crippen molar-refractivity contribution in [2.24, 2.45) is 10.2 Å². The summed E-state index contributed by atoms with van der Waals surface area (Å²) in [7, 11) is 0. The molecule has 4 rings (SSSR count). The lowest BCUT2D eigenvalue weighted by atomic mass is 10.2. The molecule has 44 heavy (non-hydrogen) atoms. The molecule has 0 saturated heterocycles. The highest BCUT2D eigenvalue weighted by molar-refractivity contribution is 9.10. The number of nitrogens with zero attached hydrogens (tertiary/aromatic N) is 2. The Labute approximate surface area is 273 Å². The molecule has 226 valence electrons. The monoisotopic (exact) mass is 718 g/mol. The Bertz CT molecular complexity index is 1460. The Morgan fingerprint density at radius 1 is 0.614 bits per heavy atom. The summed E-state index contributed by atoms with van der Waals surface area (Å²) >= 11 is 6.92. The van der Waals surface area contributed by atoms with Crippen LogP contribution in [0.1, 0.15) is 47.9 Å². The number of hydrazone groups is 2. The Morgan fingerprint density at radius 3 is 1.43 bits per heavy atom. The van der Waals surface area contributed by atoms with E-state index in [1.165, 1.54) is 0 Å². The Hall–Kier alpha value is -4.28. The fourth-order valence-corrected chi connectivity index (χ4v) is 4.76. The number of hydrogen-bond acceptors (Lipinski definition) is 6. The van der Waals surface area contributed by atoms with Gasteiger partial charge in [0.15, 0.2) is 0 Å². The summed E-state index contributed by atoms with van der Waals surface area (Å²) in [6, 6.07) is 30.9. The van der Waals surface area contributed by atoms with Crippen molar-refractivity contribution in [2.75, 3.05) is 0 Å². The molecule has 0 saturated carbocycles. The molecule has 0 atom stereocenters. The van der Waals surface area contributed by atoms with Crippen LogP contribution in [0.15, 0.2) is 116 Å². The predicted molar refractivity (Wildman–Crippen MR) is 180 cm³/mol. The molecule has 0 aliphatic heterocycles. The van der Waals surface area contributed by atoms with Gasteiger partial charge in [0, 0.05) is 32.9 Å². The molecular formula is C34H32Br2N4O4. The summed E-state index contributed by atoms with van der Waals surface area (Å²) in [5.41, 5.74) is 8.64. The number of ether oxygens (including phenoxy) is 2. The van der Waals surface area contributed by atoms with Crippen LogP contribution < -0.4 is 20.3 Å². The maximum absolute atomic E-state index is 12.3. The molecule has 0 radical (unpaired) electrons. The molecule has 0 aliphatic carbocycles. The molecule has 10 heteroatoms. The molecule has 0 heterocycles. The predicted octanol–water partition coefficient (Wildman–Crippen LogP) is 7.53. The van der Waals surface area contributed by atoms with Crippen molar-refractivity contribution >= 4 is 56.1 Å². The largest absolute Gasteiger partial charge is 0.488 e. The van der Waals surface area contributed by atoms with E-state index in [2.05, 4.69) is 52.9 Å². The van der Waals surface area contributed by atoms with Gasteiger partial charge in [-0.15, -0.1) is 0 Å². The molecule has 2 N–H and O–H groups in total. The molecule has 0 spiro atoms. The minimum Gasteiger partial charge on any atom is -0.488 e. The number of rotatable bonds is 15. The van der Waals surface area contributed by atoms with Crippen LogP contribution in [-0.2, 0) is 22.8 Å². The third-order valence-corrected chi connectivity index (χ3v) is 7.25. The molecule has 0 bridgehead atoms. The van der Waals surface area contributed by atoms with Gasteiger partial charge < -0.3 is 9.47 Å². The second-order valence-electron chi connectivity index (χ2n) is 9.71. The smallest absolute Gasteiger partial charge is 0.240 e. The van der Waals surface area contributed by atoms with Crippen LogP contribution in [0, 0.1) is 0 Å². The highest BCUT2D eigenvalue weighted by Crippen LogP contribution is 2.24. The first kappa shape index (κ1) is 32.6. The molecule has 0 aromatic heterocycles. The number of benzene rings is 4. The lowest BCUT2D eigenvalue weighted by Gasteiger charge is -2.10. The minimum atomic E-state index is -0.237. The van der Waals surface area contributed by atoms with E-state index in [0.29, 0.717) is 37.6 Å². The van der Waals surface area contributed by atoms with Gasteiger partial charge in [0.1, 0.15) is 24.7 Å². The lowest BCUT2D eigenvalue weighted by Crippen LogP contribution is -2.19. The summed E-state index contributed by atoms with van der Waals surface area (Å²) in [4.78, 5) is 24.5. The van der Waals surface area contributed by atoms with E-state index in [1.54, 1.807) is 12.4 Å². The number of carbonyl (C=O) groups is 2. The van der Waals surface area contributed by atoms with Gasteiger partial charge in [-0.2, -0.15) is 10.2 Å². The van der Waals surface area contributed by atoms with Gasteiger partial charge in [0.25, 0.3) is 0 Å². The first-order valence-electron chi connectivity index (χ1n) is 14.0. The van der Waals surface area contributed by atoms with Crippen LogP contribution in [0.3, 0.4) is 0 Å². The van der Waals surface area contributed by atoms with E-state index >= 15 is 0 Å². The summed E-state index contributed by atoms with van der Waals surface area (Å²) < 4.78 is 13.6. The number of amides is 2. The van der Waals surface area contributed by atoms with E-state index in [0.717, 1.165) is 31.2 Å². The van der Waals surface area contributed by atoms with E-state index in [1.807, 2.05) is 97.1 Å². The highest BCUT2D eigenvalue weighted by Gasteiger charge is 2.07. The van der Waals surface area contributed by atoms with Crippen LogP contribution in [0.5, 0.6) is 11.5 Å². The second-order valence-corrected chi connectivity index (χ2v) is 11.5. The zero-order chi connectivity index (χ0) is 31.0. The third-order valence-electron chi connectivity index (χ3n) is 6.26. The molecule has 8 nitrogen and oxygen atoms in total. The van der Waals surface area contributed by atoms with Crippen molar-refractivity contribution in [3.05, 3.63) is 128 Å². The third kappa shape index (κ3) is 11.4. The molecular weight excluding hydrogens is 688 g/mol. The van der Waals surface area contributed by atoms with Crippen LogP contribution in [-0.4, -0.2) is 24.2 Å². The molecule has 4 aromatic carbocycles. The fraction of sp³-hybridized carbons (Fsp3) is 0.176. The Morgan fingerprint density at radius 2 is 1.02 bits per heavy atom. The summed E-state index contributed by atoms with van der Waals surface area (Å²) in [5.74, 6) is 0.831. The zero-order valence-electron chi connectivity index (χ0n) is 23.9. The lowest BCUT2D eigenvalue weighted by molar-refractivity contribution is -0.123. The van der Waals surface area contributed by atoms with Gasteiger partial charge in [-0.05, 0) is 60.4 Å². The van der Waals surface area contributed by atoms with E-state index in [-0.39, 0.29) is 24.7 Å². The van der Waals surface area contributed by atoms with Gasteiger partial charge >= 0.3 is 0 Å². The Kier molecular flexibility index (Phi) is 13.2. The first-order valence-corrected chi connectivity index (χ1v) is 15.6. The van der Waals surface area contributed by atoms with Gasteiger partial charge in [0.05, 0.1) is 12.4 Å². The van der Waals surface area contributed by atoms with E-state index in [9.17, 15) is 9.59 Å². The molecule has 0 fully saturated rings. The minimum absolute atomic E-state index is 0.237. The van der Waals surface area contributed by atoms with Crippen molar-refractivity contribution < 1.29 is 19.1 Å². The average molecular weight is 720 g/mol. The second kappa shape index (κ2) is 17.7. The topological polar surface area (TPSA) is 101 Å². The normalized spacial score (nSPS) is 11.0. The van der Waals surface area contributed by atoms with Crippen LogP contribution in [0.25, 0.3) is 0 Å². The fourth-order valence-electron chi connectivity index (χ4n) is 4.00. The van der Waals surface area contributed by atoms with Crippen LogP contribution >= 0.6 is 31.9 Å². The van der Waals surface area contributed by atoms with Gasteiger partial charge in [-0.25, -0.2) is 10.9 Å². The number of unbranched alkanes of at least 4 members (excludes halogenated alkanes) is 1. The number of hydrogen-bond donors (Lipinski definition) is 2. The SMILES string of the molecule is O=C(CCCCC(=O)N/N=C/c1cc(Br)ccc1OCc1ccccc1)N/N=C/c1cc(Br)ccc1OCc1ccccc1. The van der Waals surface area contributed by atoms with Crippen LogP contribution in [0.4, 0.5) is 0 Å². The molecule has 0 unspecified atom stereocenters. The summed E-state index contributed by atoms with van der Waals surface area (Å²) in [5, 5.41) is 8.18. The average Bonchev–Trinajstić information content (AvgIpc) is 3.03. The van der Waals surface area contributed by atoms with E-state index in [4.69, 9.17) is 9.47 Å². The highest BCUT2D eigenvalue weighted by atomic mass is 79.9. The van der Waals surface area contributed by atoms with Crippen LogP contribution in [0.2, 0.25) is 0 Å². The maximum atomic E-state index is 12.3. The van der Waals surface area contributed by atoms with Crippen molar-refractivity contribution in [3.8, 4) is 11.5 Å². The molecule has 2 amide bonds.